The SMILES string of the molecule is CCCn1nccc1C(O)c1cnn2ccncc12. The van der Waals surface area contributed by atoms with Crippen LogP contribution in [0, 0.1) is 0 Å². The Morgan fingerprint density at radius 2 is 2.16 bits per heavy atom. The number of hydrogen-bond acceptors (Lipinski definition) is 4. The minimum Gasteiger partial charge on any atom is -0.382 e. The second-order valence-corrected chi connectivity index (χ2v) is 4.39. The van der Waals surface area contributed by atoms with E-state index in [1.165, 1.54) is 0 Å². The predicted molar refractivity (Wildman–Crippen MR) is 69.6 cm³/mol. The monoisotopic (exact) mass is 257 g/mol. The first-order valence-corrected chi connectivity index (χ1v) is 6.28. The Kier molecular flexibility index (Phi) is 3.00. The van der Waals surface area contributed by atoms with Gasteiger partial charge in [-0.1, -0.05) is 6.92 Å². The van der Waals surface area contributed by atoms with Gasteiger partial charge in [0.05, 0.1) is 23.6 Å². The first-order chi connectivity index (χ1) is 9.31. The summed E-state index contributed by atoms with van der Waals surface area (Å²) < 4.78 is 3.52. The largest absolute Gasteiger partial charge is 0.382 e. The minimum atomic E-state index is -0.740. The fraction of sp³-hybridized carbons (Fsp3) is 0.308. The van der Waals surface area contributed by atoms with E-state index in [4.69, 9.17) is 0 Å². The third-order valence-corrected chi connectivity index (χ3v) is 3.11. The number of fused-ring (bicyclic) bond motifs is 1. The zero-order valence-corrected chi connectivity index (χ0v) is 10.6. The number of rotatable bonds is 4. The van der Waals surface area contributed by atoms with E-state index >= 15 is 0 Å². The number of hydrogen-bond donors (Lipinski definition) is 1. The summed E-state index contributed by atoms with van der Waals surface area (Å²) in [6, 6.07) is 1.83. The zero-order chi connectivity index (χ0) is 13.2. The molecule has 6 heteroatoms. The lowest BCUT2D eigenvalue weighted by atomic mass is 10.1. The summed E-state index contributed by atoms with van der Waals surface area (Å²) in [4.78, 5) is 4.07. The number of aliphatic hydroxyl groups is 1. The van der Waals surface area contributed by atoms with Gasteiger partial charge in [0.15, 0.2) is 0 Å². The van der Waals surface area contributed by atoms with Gasteiger partial charge in [0.25, 0.3) is 0 Å². The fourth-order valence-corrected chi connectivity index (χ4v) is 2.20. The molecule has 3 aromatic heterocycles. The third-order valence-electron chi connectivity index (χ3n) is 3.11. The lowest BCUT2D eigenvalue weighted by Gasteiger charge is -2.11. The van der Waals surface area contributed by atoms with Crippen LogP contribution in [0.1, 0.15) is 30.7 Å². The Balaban J connectivity index is 2.03. The normalized spacial score (nSPS) is 12.9. The van der Waals surface area contributed by atoms with Crippen LogP contribution in [0.15, 0.2) is 37.1 Å². The van der Waals surface area contributed by atoms with Crippen LogP contribution in [0.5, 0.6) is 0 Å². The van der Waals surface area contributed by atoms with Crippen LogP contribution in [0.4, 0.5) is 0 Å². The van der Waals surface area contributed by atoms with Crippen molar-refractivity contribution >= 4 is 5.52 Å². The summed E-state index contributed by atoms with van der Waals surface area (Å²) in [5.41, 5.74) is 2.32. The van der Waals surface area contributed by atoms with Gasteiger partial charge in [0.2, 0.25) is 0 Å². The number of aromatic nitrogens is 5. The second kappa shape index (κ2) is 4.81. The van der Waals surface area contributed by atoms with Crippen molar-refractivity contribution in [3.63, 3.8) is 0 Å². The molecule has 19 heavy (non-hydrogen) atoms. The van der Waals surface area contributed by atoms with Crippen molar-refractivity contribution in [3.8, 4) is 0 Å². The molecule has 0 bridgehead atoms. The van der Waals surface area contributed by atoms with Gasteiger partial charge in [-0.25, -0.2) is 4.52 Å². The van der Waals surface area contributed by atoms with Gasteiger partial charge in [-0.05, 0) is 12.5 Å². The van der Waals surface area contributed by atoms with Gasteiger partial charge in [0, 0.05) is 30.7 Å². The van der Waals surface area contributed by atoms with Crippen molar-refractivity contribution in [2.24, 2.45) is 0 Å². The van der Waals surface area contributed by atoms with E-state index in [2.05, 4.69) is 22.1 Å². The van der Waals surface area contributed by atoms with Gasteiger partial charge >= 0.3 is 0 Å². The van der Waals surface area contributed by atoms with Crippen molar-refractivity contribution < 1.29 is 5.11 Å². The summed E-state index contributed by atoms with van der Waals surface area (Å²) in [6.07, 6.45) is 8.73. The molecule has 0 spiro atoms. The minimum absolute atomic E-state index is 0.740. The third kappa shape index (κ3) is 2.00. The molecule has 6 nitrogen and oxygen atoms in total. The molecule has 0 aliphatic heterocycles. The Morgan fingerprint density at radius 1 is 1.26 bits per heavy atom. The van der Waals surface area contributed by atoms with E-state index in [0.29, 0.717) is 0 Å². The van der Waals surface area contributed by atoms with Gasteiger partial charge in [-0.15, -0.1) is 0 Å². The van der Waals surface area contributed by atoms with E-state index < -0.39 is 6.10 Å². The summed E-state index contributed by atoms with van der Waals surface area (Å²) >= 11 is 0. The van der Waals surface area contributed by atoms with Crippen molar-refractivity contribution in [3.05, 3.63) is 48.3 Å². The summed E-state index contributed by atoms with van der Waals surface area (Å²) in [7, 11) is 0. The van der Waals surface area contributed by atoms with Crippen molar-refractivity contribution in [1.82, 2.24) is 24.4 Å². The fourth-order valence-electron chi connectivity index (χ4n) is 2.20. The number of aliphatic hydroxyl groups excluding tert-OH is 1. The molecule has 0 aliphatic rings. The highest BCUT2D eigenvalue weighted by molar-refractivity contribution is 5.54. The quantitative estimate of drug-likeness (QED) is 0.767. The lowest BCUT2D eigenvalue weighted by molar-refractivity contribution is 0.209. The molecule has 0 radical (unpaired) electrons. The van der Waals surface area contributed by atoms with Crippen LogP contribution in [-0.4, -0.2) is 29.5 Å². The average molecular weight is 257 g/mol. The maximum atomic E-state index is 10.5. The highest BCUT2D eigenvalue weighted by atomic mass is 16.3. The molecule has 1 unspecified atom stereocenters. The molecule has 0 amide bonds. The van der Waals surface area contributed by atoms with Gasteiger partial charge < -0.3 is 5.11 Å². The van der Waals surface area contributed by atoms with Crippen molar-refractivity contribution in [1.29, 1.82) is 0 Å². The standard InChI is InChI=1S/C13H15N5O/c1-2-6-17-11(3-4-15-17)13(19)10-8-16-18-7-5-14-9-12(10)18/h3-5,7-9,13,19H,2,6H2,1H3. The summed E-state index contributed by atoms with van der Waals surface area (Å²) in [5.74, 6) is 0. The first kappa shape index (κ1) is 11.9. The van der Waals surface area contributed by atoms with Gasteiger partial charge in [0.1, 0.15) is 6.10 Å². The zero-order valence-electron chi connectivity index (χ0n) is 10.6. The molecular formula is C13H15N5O. The summed E-state index contributed by atoms with van der Waals surface area (Å²) in [6.45, 7) is 2.87. The molecule has 3 aromatic rings. The molecule has 0 aliphatic carbocycles. The van der Waals surface area contributed by atoms with Crippen LogP contribution in [0.3, 0.4) is 0 Å². The van der Waals surface area contributed by atoms with E-state index in [1.807, 2.05) is 10.7 Å². The number of nitrogens with zero attached hydrogens (tertiary/aromatic N) is 5. The number of aryl methyl sites for hydroxylation is 1. The van der Waals surface area contributed by atoms with Crippen LogP contribution in [-0.2, 0) is 6.54 Å². The highest BCUT2D eigenvalue weighted by Crippen LogP contribution is 2.25. The van der Waals surface area contributed by atoms with Crippen LogP contribution in [0.25, 0.3) is 5.52 Å². The summed E-state index contributed by atoms with van der Waals surface area (Å²) in [5, 5.41) is 19.0. The molecule has 0 saturated carbocycles. The molecule has 1 N–H and O–H groups in total. The Bertz CT molecular complexity index is 687. The lowest BCUT2D eigenvalue weighted by Crippen LogP contribution is -2.10. The van der Waals surface area contributed by atoms with E-state index in [9.17, 15) is 5.11 Å². The average Bonchev–Trinajstić information content (AvgIpc) is 3.04. The smallest absolute Gasteiger partial charge is 0.124 e. The Hall–Kier alpha value is -2.21. The first-order valence-electron chi connectivity index (χ1n) is 6.28. The molecule has 1 atom stereocenters. The van der Waals surface area contributed by atoms with E-state index in [0.717, 1.165) is 29.7 Å². The van der Waals surface area contributed by atoms with Crippen LogP contribution < -0.4 is 0 Å². The molecule has 0 fully saturated rings. The Labute approximate surface area is 110 Å². The van der Waals surface area contributed by atoms with Gasteiger partial charge in [-0.3, -0.25) is 9.67 Å². The van der Waals surface area contributed by atoms with Crippen molar-refractivity contribution in [2.75, 3.05) is 0 Å². The maximum absolute atomic E-state index is 10.5. The van der Waals surface area contributed by atoms with Gasteiger partial charge in [-0.2, -0.15) is 10.2 Å². The molecule has 3 rings (SSSR count). The van der Waals surface area contributed by atoms with Crippen LogP contribution >= 0.6 is 0 Å². The van der Waals surface area contributed by atoms with E-state index in [-0.39, 0.29) is 0 Å². The molecule has 98 valence electrons. The second-order valence-electron chi connectivity index (χ2n) is 4.39. The van der Waals surface area contributed by atoms with E-state index in [1.54, 1.807) is 35.5 Å². The van der Waals surface area contributed by atoms with Crippen LogP contribution in [0.2, 0.25) is 0 Å². The Morgan fingerprint density at radius 3 is 3.00 bits per heavy atom. The maximum Gasteiger partial charge on any atom is 0.124 e. The molecule has 3 heterocycles. The topological polar surface area (TPSA) is 68.2 Å². The predicted octanol–water partition coefficient (Wildman–Crippen LogP) is 1.42. The molecule has 0 aromatic carbocycles. The molecule has 0 saturated heterocycles. The highest BCUT2D eigenvalue weighted by Gasteiger charge is 2.19. The molecular weight excluding hydrogens is 242 g/mol. The van der Waals surface area contributed by atoms with Crippen molar-refractivity contribution in [2.45, 2.75) is 26.0 Å².